The molecule has 0 saturated carbocycles. The first kappa shape index (κ1) is 20.0. The Hall–Kier alpha value is -2.78. The minimum atomic E-state index is -4.35. The monoisotopic (exact) mass is 426 g/mol. The maximum atomic E-state index is 13.5. The molecule has 0 aliphatic rings. The van der Waals surface area contributed by atoms with E-state index >= 15 is 0 Å². The van der Waals surface area contributed by atoms with E-state index in [-0.39, 0.29) is 16.1 Å². The van der Waals surface area contributed by atoms with Gasteiger partial charge >= 0.3 is 0 Å². The number of aromatic nitrogens is 1. The van der Waals surface area contributed by atoms with Crippen LogP contribution in [0.3, 0.4) is 0 Å². The number of fused-ring (bicyclic) bond motifs is 1. The van der Waals surface area contributed by atoms with Crippen molar-refractivity contribution < 1.29 is 22.1 Å². The van der Waals surface area contributed by atoms with Crippen molar-refractivity contribution in [2.75, 3.05) is 0 Å². The molecule has 2 aromatic carbocycles. The van der Waals surface area contributed by atoms with Crippen LogP contribution in [0.1, 0.15) is 22.8 Å². The van der Waals surface area contributed by atoms with Gasteiger partial charge in [0.15, 0.2) is 0 Å². The van der Waals surface area contributed by atoms with Crippen molar-refractivity contribution in [1.82, 2.24) is 3.97 Å². The summed E-state index contributed by atoms with van der Waals surface area (Å²) in [6.45, 7) is 3.53. The van der Waals surface area contributed by atoms with Gasteiger partial charge in [0.1, 0.15) is 5.25 Å². The van der Waals surface area contributed by atoms with Crippen molar-refractivity contribution in [3.8, 4) is 0 Å². The molecule has 0 spiro atoms. The van der Waals surface area contributed by atoms with E-state index in [4.69, 9.17) is 11.6 Å². The Labute approximate surface area is 163 Å². The number of non-ortho nitro benzene ring substituents is 1. The summed E-state index contributed by atoms with van der Waals surface area (Å²) in [5.41, 5.74) is -1.35. The molecule has 146 valence electrons. The summed E-state index contributed by atoms with van der Waals surface area (Å²) in [5.74, 6) is 0. The summed E-state index contributed by atoms with van der Waals surface area (Å²) in [6.07, 6.45) is -1.27. The number of benzene rings is 2. The Morgan fingerprint density at radius 2 is 1.82 bits per heavy atom. The molecule has 1 heterocycles. The second-order valence-corrected chi connectivity index (χ2v) is 8.17. The van der Waals surface area contributed by atoms with Crippen molar-refractivity contribution in [3.63, 3.8) is 0 Å². The van der Waals surface area contributed by atoms with Gasteiger partial charge in [-0.2, -0.15) is 0 Å². The fourth-order valence-corrected chi connectivity index (χ4v) is 5.05. The normalized spacial score (nSPS) is 13.0. The van der Waals surface area contributed by atoms with E-state index in [0.29, 0.717) is 10.2 Å². The molecule has 6 nitrogen and oxygen atoms in total. The van der Waals surface area contributed by atoms with E-state index in [1.807, 2.05) is 0 Å². The van der Waals surface area contributed by atoms with Crippen LogP contribution in [0.15, 0.2) is 61.3 Å². The summed E-state index contributed by atoms with van der Waals surface area (Å²) < 4.78 is 54.2. The molecule has 0 radical (unpaired) electrons. The number of nitro benzene ring substituents is 1. The van der Waals surface area contributed by atoms with Crippen LogP contribution in [-0.4, -0.2) is 17.3 Å². The number of nitrogens with zero attached hydrogens (tertiary/aromatic N) is 2. The maximum Gasteiger partial charge on any atom is 0.279 e. The van der Waals surface area contributed by atoms with Gasteiger partial charge in [0.2, 0.25) is 10.0 Å². The molecule has 1 aromatic heterocycles. The third-order valence-electron chi connectivity index (χ3n) is 4.26. The quantitative estimate of drug-likeness (QED) is 0.306. The number of alkyl halides is 2. The second kappa shape index (κ2) is 7.33. The summed E-state index contributed by atoms with van der Waals surface area (Å²) in [7, 11) is -4.35. The van der Waals surface area contributed by atoms with Crippen LogP contribution >= 0.6 is 11.6 Å². The number of hydrogen-bond acceptors (Lipinski definition) is 4. The standard InChI is InChI=1S/C18H13ClF2N2O4S/c1-2-16(11-6-3-4-7-13(11)19)28(26,27)22-10-12(18(20)21)17-14(22)8-5-9-15(17)23(24)25/h2-10,16,18H,1H2. The highest BCUT2D eigenvalue weighted by molar-refractivity contribution is 7.90. The average molecular weight is 427 g/mol. The van der Waals surface area contributed by atoms with Gasteiger partial charge in [0.25, 0.3) is 12.1 Å². The zero-order valence-electron chi connectivity index (χ0n) is 14.1. The predicted octanol–water partition coefficient (Wildman–Crippen LogP) is 5.25. The van der Waals surface area contributed by atoms with Crippen molar-refractivity contribution in [2.45, 2.75) is 11.7 Å². The molecule has 3 aromatic rings. The van der Waals surface area contributed by atoms with Gasteiger partial charge in [-0.15, -0.1) is 6.58 Å². The molecule has 3 rings (SSSR count). The maximum absolute atomic E-state index is 13.5. The highest BCUT2D eigenvalue weighted by atomic mass is 35.5. The van der Waals surface area contributed by atoms with Crippen LogP contribution in [0.4, 0.5) is 14.5 Å². The Balaban J connectivity index is 2.34. The van der Waals surface area contributed by atoms with E-state index in [9.17, 15) is 27.3 Å². The molecule has 0 aliphatic carbocycles. The van der Waals surface area contributed by atoms with Crippen LogP contribution in [0.25, 0.3) is 10.9 Å². The first-order valence-electron chi connectivity index (χ1n) is 7.88. The summed E-state index contributed by atoms with van der Waals surface area (Å²) in [4.78, 5) is 10.4. The van der Waals surface area contributed by atoms with Gasteiger partial charge in [0.05, 0.1) is 21.4 Å². The highest BCUT2D eigenvalue weighted by Gasteiger charge is 2.33. The van der Waals surface area contributed by atoms with Crippen molar-refractivity contribution in [1.29, 1.82) is 0 Å². The van der Waals surface area contributed by atoms with Gasteiger partial charge < -0.3 is 0 Å². The van der Waals surface area contributed by atoms with Crippen LogP contribution in [0.2, 0.25) is 5.02 Å². The van der Waals surface area contributed by atoms with Crippen LogP contribution in [-0.2, 0) is 10.0 Å². The fourth-order valence-electron chi connectivity index (χ4n) is 3.03. The summed E-state index contributed by atoms with van der Waals surface area (Å²) >= 11 is 6.10. The molecular formula is C18H13ClF2N2O4S. The Morgan fingerprint density at radius 3 is 2.39 bits per heavy atom. The van der Waals surface area contributed by atoms with Gasteiger partial charge in [0, 0.05) is 17.3 Å². The third-order valence-corrected chi connectivity index (χ3v) is 6.54. The first-order valence-corrected chi connectivity index (χ1v) is 9.76. The van der Waals surface area contributed by atoms with Crippen molar-refractivity contribution >= 4 is 38.2 Å². The molecule has 1 atom stereocenters. The smallest absolute Gasteiger partial charge is 0.258 e. The van der Waals surface area contributed by atoms with E-state index in [0.717, 1.165) is 12.1 Å². The average Bonchev–Trinajstić information content (AvgIpc) is 3.04. The molecule has 1 unspecified atom stereocenters. The molecule has 0 fully saturated rings. The Bertz CT molecular complexity index is 1190. The van der Waals surface area contributed by atoms with Gasteiger partial charge in [-0.05, 0) is 17.7 Å². The Kier molecular flexibility index (Phi) is 5.22. The molecule has 10 heteroatoms. The van der Waals surface area contributed by atoms with E-state index in [1.54, 1.807) is 12.1 Å². The SMILES string of the molecule is C=CC(c1ccccc1Cl)S(=O)(=O)n1cc(C(F)F)c2c([N+](=O)[O-])cccc21. The molecule has 28 heavy (non-hydrogen) atoms. The lowest BCUT2D eigenvalue weighted by Crippen LogP contribution is -2.19. The Morgan fingerprint density at radius 1 is 1.14 bits per heavy atom. The minimum Gasteiger partial charge on any atom is -0.258 e. The molecule has 0 N–H and O–H groups in total. The van der Waals surface area contributed by atoms with Gasteiger partial charge in [-0.1, -0.05) is 41.9 Å². The van der Waals surface area contributed by atoms with E-state index in [1.165, 1.54) is 24.3 Å². The predicted molar refractivity (Wildman–Crippen MR) is 102 cm³/mol. The van der Waals surface area contributed by atoms with Gasteiger partial charge in [-0.3, -0.25) is 10.1 Å². The topological polar surface area (TPSA) is 82.2 Å². The molecule has 0 bridgehead atoms. The third kappa shape index (κ3) is 3.16. The zero-order chi connectivity index (χ0) is 20.6. The zero-order valence-corrected chi connectivity index (χ0v) is 15.7. The largest absolute Gasteiger partial charge is 0.279 e. The fraction of sp³-hybridized carbons (Fsp3) is 0.111. The highest BCUT2D eigenvalue weighted by Crippen LogP contribution is 2.39. The molecule has 0 aliphatic heterocycles. The van der Waals surface area contributed by atoms with Crippen molar-refractivity contribution in [3.05, 3.63) is 87.6 Å². The van der Waals surface area contributed by atoms with Crippen LogP contribution in [0.5, 0.6) is 0 Å². The number of hydrogen-bond donors (Lipinski definition) is 0. The van der Waals surface area contributed by atoms with E-state index in [2.05, 4.69) is 6.58 Å². The van der Waals surface area contributed by atoms with Crippen LogP contribution in [0, 0.1) is 10.1 Å². The minimum absolute atomic E-state index is 0.160. The molecule has 0 amide bonds. The lowest BCUT2D eigenvalue weighted by molar-refractivity contribution is -0.383. The summed E-state index contributed by atoms with van der Waals surface area (Å²) in [5, 5.41) is 9.66. The summed E-state index contributed by atoms with van der Waals surface area (Å²) in [6, 6.07) is 9.68. The molecule has 0 saturated heterocycles. The van der Waals surface area contributed by atoms with Crippen LogP contribution < -0.4 is 0 Å². The number of nitro groups is 1. The lowest BCUT2D eigenvalue weighted by atomic mass is 10.1. The van der Waals surface area contributed by atoms with E-state index < -0.39 is 43.3 Å². The molecular weight excluding hydrogens is 414 g/mol. The lowest BCUT2D eigenvalue weighted by Gasteiger charge is -2.17. The van der Waals surface area contributed by atoms with Crippen molar-refractivity contribution in [2.24, 2.45) is 0 Å². The number of rotatable bonds is 6. The second-order valence-electron chi connectivity index (χ2n) is 5.83. The first-order chi connectivity index (χ1) is 13.2. The van der Waals surface area contributed by atoms with Gasteiger partial charge in [-0.25, -0.2) is 21.2 Å². The number of halogens is 3.